The van der Waals surface area contributed by atoms with Crippen LogP contribution in [0.5, 0.6) is 0 Å². The van der Waals surface area contributed by atoms with Gasteiger partial charge in [0.15, 0.2) is 0 Å². The SMILES string of the molecule is CC(=O)Nc1ccc(-c2nc(C(=O)N3CCCC(C)C3)c(C)s2)cc1. The first-order chi connectivity index (χ1) is 11.9. The van der Waals surface area contributed by atoms with Crippen LogP contribution >= 0.6 is 11.3 Å². The molecule has 1 aliphatic heterocycles. The molecule has 3 rings (SSSR count). The van der Waals surface area contributed by atoms with Gasteiger partial charge in [-0.05, 0) is 49.9 Å². The number of anilines is 1. The molecular formula is C19H23N3O2S. The number of aromatic nitrogens is 1. The number of rotatable bonds is 3. The molecule has 0 aliphatic carbocycles. The zero-order valence-electron chi connectivity index (χ0n) is 14.8. The number of nitrogens with one attached hydrogen (secondary N) is 1. The normalized spacial score (nSPS) is 17.4. The van der Waals surface area contributed by atoms with E-state index in [1.54, 1.807) is 0 Å². The van der Waals surface area contributed by atoms with E-state index < -0.39 is 0 Å². The van der Waals surface area contributed by atoms with Crippen molar-refractivity contribution in [2.75, 3.05) is 18.4 Å². The van der Waals surface area contributed by atoms with Crippen LogP contribution in [0.1, 0.15) is 42.1 Å². The number of aryl methyl sites for hydroxylation is 1. The van der Waals surface area contributed by atoms with Gasteiger partial charge in [-0.15, -0.1) is 11.3 Å². The average molecular weight is 357 g/mol. The lowest BCUT2D eigenvalue weighted by Crippen LogP contribution is -2.39. The summed E-state index contributed by atoms with van der Waals surface area (Å²) in [6.07, 6.45) is 2.25. The Morgan fingerprint density at radius 1 is 1.28 bits per heavy atom. The van der Waals surface area contributed by atoms with Gasteiger partial charge < -0.3 is 10.2 Å². The van der Waals surface area contributed by atoms with Gasteiger partial charge in [-0.25, -0.2) is 4.98 Å². The number of nitrogens with zero attached hydrogens (tertiary/aromatic N) is 2. The zero-order chi connectivity index (χ0) is 18.0. The first-order valence-corrected chi connectivity index (χ1v) is 9.40. The van der Waals surface area contributed by atoms with Gasteiger partial charge in [0, 0.05) is 36.1 Å². The highest BCUT2D eigenvalue weighted by atomic mass is 32.1. The predicted octanol–water partition coefficient (Wildman–Crippen LogP) is 3.95. The molecule has 0 bridgehead atoms. The fourth-order valence-corrected chi connectivity index (χ4v) is 4.05. The fourth-order valence-electron chi connectivity index (χ4n) is 3.14. The summed E-state index contributed by atoms with van der Waals surface area (Å²) in [6.45, 7) is 7.26. The van der Waals surface area contributed by atoms with Gasteiger partial charge in [0.1, 0.15) is 10.7 Å². The van der Waals surface area contributed by atoms with Gasteiger partial charge in [0.25, 0.3) is 5.91 Å². The molecule has 0 spiro atoms. The second kappa shape index (κ2) is 7.35. The van der Waals surface area contributed by atoms with Crippen LogP contribution in [-0.2, 0) is 4.79 Å². The lowest BCUT2D eigenvalue weighted by molar-refractivity contribution is -0.114. The first-order valence-electron chi connectivity index (χ1n) is 8.58. The van der Waals surface area contributed by atoms with E-state index in [9.17, 15) is 9.59 Å². The third kappa shape index (κ3) is 4.07. The van der Waals surface area contributed by atoms with E-state index in [-0.39, 0.29) is 11.8 Å². The molecule has 1 unspecified atom stereocenters. The summed E-state index contributed by atoms with van der Waals surface area (Å²) in [7, 11) is 0. The summed E-state index contributed by atoms with van der Waals surface area (Å²) in [4.78, 5) is 31.4. The zero-order valence-corrected chi connectivity index (χ0v) is 15.7. The van der Waals surface area contributed by atoms with E-state index in [4.69, 9.17) is 0 Å². The van der Waals surface area contributed by atoms with Crippen LogP contribution in [0.3, 0.4) is 0 Å². The van der Waals surface area contributed by atoms with Crippen molar-refractivity contribution >= 4 is 28.8 Å². The van der Waals surface area contributed by atoms with Crippen LogP contribution in [0.25, 0.3) is 10.6 Å². The van der Waals surface area contributed by atoms with Crippen molar-refractivity contribution in [2.45, 2.75) is 33.6 Å². The van der Waals surface area contributed by atoms with Gasteiger partial charge >= 0.3 is 0 Å². The number of carbonyl (C=O) groups is 2. The Bertz CT molecular complexity index is 782. The number of thiazole rings is 1. The van der Waals surface area contributed by atoms with Crippen LogP contribution < -0.4 is 5.32 Å². The predicted molar refractivity (Wildman–Crippen MR) is 101 cm³/mol. The second-order valence-electron chi connectivity index (χ2n) is 6.68. The summed E-state index contributed by atoms with van der Waals surface area (Å²) < 4.78 is 0. The van der Waals surface area contributed by atoms with E-state index in [1.807, 2.05) is 36.1 Å². The maximum atomic E-state index is 12.8. The molecule has 2 amide bonds. The Balaban J connectivity index is 1.80. The summed E-state index contributed by atoms with van der Waals surface area (Å²) in [5.41, 5.74) is 2.27. The van der Waals surface area contributed by atoms with Gasteiger partial charge in [-0.1, -0.05) is 6.92 Å². The third-order valence-electron chi connectivity index (χ3n) is 4.40. The summed E-state index contributed by atoms with van der Waals surface area (Å²) in [5.74, 6) is 0.500. The highest BCUT2D eigenvalue weighted by Crippen LogP contribution is 2.30. The highest BCUT2D eigenvalue weighted by Gasteiger charge is 2.25. The smallest absolute Gasteiger partial charge is 0.273 e. The number of hydrogen-bond donors (Lipinski definition) is 1. The largest absolute Gasteiger partial charge is 0.337 e. The van der Waals surface area contributed by atoms with Crippen LogP contribution in [0.15, 0.2) is 24.3 Å². The van der Waals surface area contributed by atoms with E-state index in [0.717, 1.165) is 40.6 Å². The molecule has 5 nitrogen and oxygen atoms in total. The molecule has 1 fully saturated rings. The molecule has 1 atom stereocenters. The molecule has 25 heavy (non-hydrogen) atoms. The van der Waals surface area contributed by atoms with Crippen LogP contribution in [0.2, 0.25) is 0 Å². The van der Waals surface area contributed by atoms with Crippen molar-refractivity contribution in [1.29, 1.82) is 0 Å². The summed E-state index contributed by atoms with van der Waals surface area (Å²) in [6, 6.07) is 7.53. The molecule has 1 aromatic carbocycles. The number of hydrogen-bond acceptors (Lipinski definition) is 4. The Hall–Kier alpha value is -2.21. The van der Waals surface area contributed by atoms with Gasteiger partial charge in [-0.3, -0.25) is 9.59 Å². The molecule has 0 radical (unpaired) electrons. The minimum absolute atomic E-state index is 0.0430. The monoisotopic (exact) mass is 357 g/mol. The highest BCUT2D eigenvalue weighted by molar-refractivity contribution is 7.15. The van der Waals surface area contributed by atoms with Gasteiger partial charge in [-0.2, -0.15) is 0 Å². The Labute approximate surface area is 152 Å². The summed E-state index contributed by atoms with van der Waals surface area (Å²) in [5, 5.41) is 3.58. The van der Waals surface area contributed by atoms with Crippen molar-refractivity contribution in [1.82, 2.24) is 9.88 Å². The third-order valence-corrected chi connectivity index (χ3v) is 5.42. The van der Waals surface area contributed by atoms with E-state index in [1.165, 1.54) is 24.7 Å². The summed E-state index contributed by atoms with van der Waals surface area (Å²) >= 11 is 1.53. The minimum atomic E-state index is -0.0958. The van der Waals surface area contributed by atoms with E-state index in [2.05, 4.69) is 17.2 Å². The molecule has 1 aliphatic rings. The minimum Gasteiger partial charge on any atom is -0.337 e. The number of likely N-dealkylation sites (tertiary alicyclic amines) is 1. The molecule has 1 aromatic heterocycles. The first kappa shape index (κ1) is 17.6. The Morgan fingerprint density at radius 2 is 2.00 bits per heavy atom. The molecule has 6 heteroatoms. The number of carbonyl (C=O) groups excluding carboxylic acids is 2. The molecule has 2 heterocycles. The lowest BCUT2D eigenvalue weighted by Gasteiger charge is -2.30. The molecule has 1 N–H and O–H groups in total. The van der Waals surface area contributed by atoms with Crippen molar-refractivity contribution in [3.63, 3.8) is 0 Å². The quantitative estimate of drug-likeness (QED) is 0.905. The Kier molecular flexibility index (Phi) is 5.18. The average Bonchev–Trinajstić information content (AvgIpc) is 2.96. The standard InChI is InChI=1S/C19H23N3O2S/c1-12-5-4-10-22(11-12)19(24)17-13(2)25-18(21-17)15-6-8-16(9-7-15)20-14(3)23/h6-9,12H,4-5,10-11H2,1-3H3,(H,20,23). The van der Waals surface area contributed by atoms with Gasteiger partial charge in [0.05, 0.1) is 0 Å². The maximum absolute atomic E-state index is 12.8. The molecule has 132 valence electrons. The van der Waals surface area contributed by atoms with Gasteiger partial charge in [0.2, 0.25) is 5.91 Å². The van der Waals surface area contributed by atoms with Crippen LogP contribution in [0, 0.1) is 12.8 Å². The molecule has 2 aromatic rings. The molecular weight excluding hydrogens is 334 g/mol. The van der Waals surface area contributed by atoms with Crippen molar-refractivity contribution in [2.24, 2.45) is 5.92 Å². The van der Waals surface area contributed by atoms with E-state index in [0.29, 0.717) is 11.6 Å². The van der Waals surface area contributed by atoms with Crippen molar-refractivity contribution in [3.05, 3.63) is 34.8 Å². The fraction of sp³-hybridized carbons (Fsp3) is 0.421. The molecule has 0 saturated carbocycles. The van der Waals surface area contributed by atoms with Crippen molar-refractivity contribution in [3.8, 4) is 10.6 Å². The second-order valence-corrected chi connectivity index (χ2v) is 7.88. The number of amides is 2. The van der Waals surface area contributed by atoms with Crippen molar-refractivity contribution < 1.29 is 9.59 Å². The number of benzene rings is 1. The topological polar surface area (TPSA) is 62.3 Å². The number of piperidine rings is 1. The van der Waals surface area contributed by atoms with Crippen LogP contribution in [0.4, 0.5) is 5.69 Å². The lowest BCUT2D eigenvalue weighted by atomic mass is 10.00. The van der Waals surface area contributed by atoms with E-state index >= 15 is 0 Å². The molecule has 1 saturated heterocycles. The maximum Gasteiger partial charge on any atom is 0.273 e. The van der Waals surface area contributed by atoms with Crippen LogP contribution in [-0.4, -0.2) is 34.8 Å². The Morgan fingerprint density at radius 3 is 2.64 bits per heavy atom.